The molecule has 21 heavy (non-hydrogen) atoms. The molecule has 2 rings (SSSR count). The van der Waals surface area contributed by atoms with Crippen LogP contribution in [0.25, 0.3) is 0 Å². The number of nitrogens with one attached hydrogen (secondary N) is 2. The van der Waals surface area contributed by atoms with E-state index in [-0.39, 0.29) is 5.91 Å². The first-order chi connectivity index (χ1) is 10.3. The van der Waals surface area contributed by atoms with Crippen LogP contribution in [0.5, 0.6) is 0 Å². The number of aromatic nitrogens is 2. The molecule has 0 bridgehead atoms. The SMILES string of the molecule is CCc1ccc(C(=O)NCCNCc2ccccn2)cn1. The quantitative estimate of drug-likeness (QED) is 0.757. The summed E-state index contributed by atoms with van der Waals surface area (Å²) in [6.07, 6.45) is 4.26. The number of carbonyl (C=O) groups is 1. The lowest BCUT2D eigenvalue weighted by molar-refractivity contribution is 0.0953. The second-order valence-corrected chi connectivity index (χ2v) is 4.65. The van der Waals surface area contributed by atoms with Gasteiger partial charge in [-0.1, -0.05) is 13.0 Å². The molecule has 0 radical (unpaired) electrons. The summed E-state index contributed by atoms with van der Waals surface area (Å²) in [5, 5.41) is 6.09. The molecule has 5 heteroatoms. The molecule has 2 aromatic heterocycles. The first kappa shape index (κ1) is 15.1. The summed E-state index contributed by atoms with van der Waals surface area (Å²) in [4.78, 5) is 20.3. The summed E-state index contributed by atoms with van der Waals surface area (Å²) in [7, 11) is 0. The van der Waals surface area contributed by atoms with Crippen molar-refractivity contribution in [3.8, 4) is 0 Å². The third-order valence-electron chi connectivity index (χ3n) is 3.07. The van der Waals surface area contributed by atoms with E-state index in [4.69, 9.17) is 0 Å². The monoisotopic (exact) mass is 284 g/mol. The van der Waals surface area contributed by atoms with Crippen LogP contribution in [0.3, 0.4) is 0 Å². The van der Waals surface area contributed by atoms with Gasteiger partial charge in [-0.05, 0) is 30.7 Å². The van der Waals surface area contributed by atoms with Gasteiger partial charge in [-0.25, -0.2) is 0 Å². The predicted molar refractivity (Wildman–Crippen MR) is 81.9 cm³/mol. The second-order valence-electron chi connectivity index (χ2n) is 4.65. The van der Waals surface area contributed by atoms with Crippen molar-refractivity contribution < 1.29 is 4.79 Å². The Balaban J connectivity index is 1.67. The molecule has 0 saturated carbocycles. The van der Waals surface area contributed by atoms with E-state index in [9.17, 15) is 4.79 Å². The molecular formula is C16H20N4O. The van der Waals surface area contributed by atoms with E-state index in [0.717, 1.165) is 17.8 Å². The highest BCUT2D eigenvalue weighted by Gasteiger charge is 2.04. The van der Waals surface area contributed by atoms with E-state index in [1.807, 2.05) is 37.3 Å². The number of pyridine rings is 2. The van der Waals surface area contributed by atoms with E-state index in [1.165, 1.54) is 0 Å². The van der Waals surface area contributed by atoms with Crippen LogP contribution in [0.15, 0.2) is 42.7 Å². The summed E-state index contributed by atoms with van der Waals surface area (Å²) in [5.41, 5.74) is 2.57. The fourth-order valence-electron chi connectivity index (χ4n) is 1.85. The number of nitrogens with zero attached hydrogens (tertiary/aromatic N) is 2. The molecule has 0 aromatic carbocycles. The van der Waals surface area contributed by atoms with Gasteiger partial charge in [-0.3, -0.25) is 14.8 Å². The minimum Gasteiger partial charge on any atom is -0.351 e. The zero-order chi connectivity index (χ0) is 14.9. The molecule has 0 saturated heterocycles. The van der Waals surface area contributed by atoms with Crippen LogP contribution in [-0.2, 0) is 13.0 Å². The van der Waals surface area contributed by atoms with Crippen molar-refractivity contribution in [2.45, 2.75) is 19.9 Å². The first-order valence-electron chi connectivity index (χ1n) is 7.13. The number of hydrogen-bond donors (Lipinski definition) is 2. The number of aryl methyl sites for hydroxylation is 1. The number of amides is 1. The van der Waals surface area contributed by atoms with Crippen LogP contribution < -0.4 is 10.6 Å². The van der Waals surface area contributed by atoms with Crippen molar-refractivity contribution in [3.63, 3.8) is 0 Å². The van der Waals surface area contributed by atoms with Crippen LogP contribution >= 0.6 is 0 Å². The maximum Gasteiger partial charge on any atom is 0.252 e. The molecule has 2 N–H and O–H groups in total. The predicted octanol–water partition coefficient (Wildman–Crippen LogP) is 1.56. The van der Waals surface area contributed by atoms with Crippen molar-refractivity contribution in [1.82, 2.24) is 20.6 Å². The largest absolute Gasteiger partial charge is 0.351 e. The molecule has 0 unspecified atom stereocenters. The lowest BCUT2D eigenvalue weighted by Crippen LogP contribution is -2.31. The van der Waals surface area contributed by atoms with E-state index in [2.05, 4.69) is 20.6 Å². The Bertz CT molecular complexity index is 554. The summed E-state index contributed by atoms with van der Waals surface area (Å²) in [6.45, 7) is 4.00. The Morgan fingerprint density at radius 3 is 2.67 bits per heavy atom. The molecule has 0 aliphatic heterocycles. The number of rotatable bonds is 7. The van der Waals surface area contributed by atoms with Crippen molar-refractivity contribution in [2.75, 3.05) is 13.1 Å². The Hall–Kier alpha value is -2.27. The van der Waals surface area contributed by atoms with Crippen molar-refractivity contribution in [1.29, 1.82) is 0 Å². The van der Waals surface area contributed by atoms with Crippen LogP contribution in [0.2, 0.25) is 0 Å². The molecular weight excluding hydrogens is 264 g/mol. The Kier molecular flexibility index (Phi) is 5.84. The van der Waals surface area contributed by atoms with Crippen molar-refractivity contribution in [2.24, 2.45) is 0 Å². The summed E-state index contributed by atoms with van der Waals surface area (Å²) < 4.78 is 0. The van der Waals surface area contributed by atoms with E-state index in [0.29, 0.717) is 25.2 Å². The van der Waals surface area contributed by atoms with Gasteiger partial charge in [0.2, 0.25) is 0 Å². The lowest BCUT2D eigenvalue weighted by Gasteiger charge is -2.07. The minimum atomic E-state index is -0.0928. The molecule has 2 aromatic rings. The van der Waals surface area contributed by atoms with Gasteiger partial charge in [-0.2, -0.15) is 0 Å². The molecule has 0 aliphatic rings. The average Bonchev–Trinajstić information content (AvgIpc) is 2.55. The fourth-order valence-corrected chi connectivity index (χ4v) is 1.85. The fraction of sp³-hybridized carbons (Fsp3) is 0.312. The van der Waals surface area contributed by atoms with Gasteiger partial charge < -0.3 is 10.6 Å². The van der Waals surface area contributed by atoms with Gasteiger partial charge in [0.25, 0.3) is 5.91 Å². The zero-order valence-corrected chi connectivity index (χ0v) is 12.2. The van der Waals surface area contributed by atoms with Crippen LogP contribution in [0.4, 0.5) is 0 Å². The van der Waals surface area contributed by atoms with Crippen molar-refractivity contribution >= 4 is 5.91 Å². The molecule has 110 valence electrons. The molecule has 0 aliphatic carbocycles. The van der Waals surface area contributed by atoms with E-state index in [1.54, 1.807) is 12.4 Å². The molecule has 0 fully saturated rings. The highest BCUT2D eigenvalue weighted by atomic mass is 16.1. The Labute approximate surface area is 124 Å². The van der Waals surface area contributed by atoms with E-state index >= 15 is 0 Å². The topological polar surface area (TPSA) is 66.9 Å². The maximum absolute atomic E-state index is 11.9. The average molecular weight is 284 g/mol. The molecule has 5 nitrogen and oxygen atoms in total. The summed E-state index contributed by atoms with van der Waals surface area (Å²) >= 11 is 0. The van der Waals surface area contributed by atoms with Gasteiger partial charge in [0.1, 0.15) is 0 Å². The van der Waals surface area contributed by atoms with E-state index < -0.39 is 0 Å². The third kappa shape index (κ3) is 4.96. The van der Waals surface area contributed by atoms with Gasteiger partial charge in [0.15, 0.2) is 0 Å². The van der Waals surface area contributed by atoms with Gasteiger partial charge >= 0.3 is 0 Å². The number of carbonyl (C=O) groups excluding carboxylic acids is 1. The first-order valence-corrected chi connectivity index (χ1v) is 7.13. The van der Waals surface area contributed by atoms with Crippen LogP contribution in [-0.4, -0.2) is 29.0 Å². The highest BCUT2D eigenvalue weighted by Crippen LogP contribution is 2.00. The van der Waals surface area contributed by atoms with Gasteiger partial charge in [0, 0.05) is 37.7 Å². The van der Waals surface area contributed by atoms with Gasteiger partial charge in [-0.15, -0.1) is 0 Å². The van der Waals surface area contributed by atoms with Gasteiger partial charge in [0.05, 0.1) is 11.3 Å². The molecule has 0 atom stereocenters. The normalized spacial score (nSPS) is 10.3. The Morgan fingerprint density at radius 1 is 1.10 bits per heavy atom. The molecule has 0 spiro atoms. The molecule has 2 heterocycles. The van der Waals surface area contributed by atoms with Crippen molar-refractivity contribution in [3.05, 3.63) is 59.7 Å². The second kappa shape index (κ2) is 8.11. The number of hydrogen-bond acceptors (Lipinski definition) is 4. The third-order valence-corrected chi connectivity index (χ3v) is 3.07. The Morgan fingerprint density at radius 2 is 2.00 bits per heavy atom. The maximum atomic E-state index is 11.9. The standard InChI is InChI=1S/C16H20N4O/c1-2-14-7-6-13(11-20-14)16(21)19-10-9-17-12-15-5-3-4-8-18-15/h3-8,11,17H,2,9-10,12H2,1H3,(H,19,21). The van der Waals surface area contributed by atoms with Crippen LogP contribution in [0, 0.1) is 0 Å². The highest BCUT2D eigenvalue weighted by molar-refractivity contribution is 5.93. The minimum absolute atomic E-state index is 0.0928. The smallest absolute Gasteiger partial charge is 0.252 e. The lowest BCUT2D eigenvalue weighted by atomic mass is 10.2. The summed E-state index contributed by atoms with van der Waals surface area (Å²) in [6, 6.07) is 9.50. The zero-order valence-electron chi connectivity index (χ0n) is 12.2. The summed E-state index contributed by atoms with van der Waals surface area (Å²) in [5.74, 6) is -0.0928. The van der Waals surface area contributed by atoms with Crippen LogP contribution in [0.1, 0.15) is 28.7 Å². The molecule has 1 amide bonds.